The van der Waals surface area contributed by atoms with E-state index in [1.54, 1.807) is 12.4 Å². The Hall–Kier alpha value is -1.95. The molecule has 2 saturated heterocycles. The zero-order valence-electron chi connectivity index (χ0n) is 16.1. The van der Waals surface area contributed by atoms with Gasteiger partial charge in [-0.25, -0.2) is 9.97 Å². The summed E-state index contributed by atoms with van der Waals surface area (Å²) in [5, 5.41) is 2.97. The molecule has 2 aliphatic heterocycles. The van der Waals surface area contributed by atoms with E-state index in [1.165, 1.54) is 18.4 Å². The standard InChI is InChI=1S/C20H31N5O/c1-15(2)6-4-5-9-21-19(26)10-16-11-22-20(23-12-16)25-17-7-8-18(25)14-24(3)13-17/h11-12,17-18H,1,4-10,13-14H2,2-3H3,(H,21,26). The molecule has 142 valence electrons. The molecule has 2 fully saturated rings. The van der Waals surface area contributed by atoms with E-state index in [4.69, 9.17) is 0 Å². The molecule has 1 aromatic rings. The molecule has 2 unspecified atom stereocenters. The molecular weight excluding hydrogens is 326 g/mol. The Morgan fingerprint density at radius 3 is 2.50 bits per heavy atom. The van der Waals surface area contributed by atoms with E-state index >= 15 is 0 Å². The molecule has 6 nitrogen and oxygen atoms in total. The topological polar surface area (TPSA) is 61.4 Å². The minimum atomic E-state index is 0.0383. The Morgan fingerprint density at radius 1 is 1.23 bits per heavy atom. The summed E-state index contributed by atoms with van der Waals surface area (Å²) in [6.45, 7) is 8.81. The summed E-state index contributed by atoms with van der Waals surface area (Å²) < 4.78 is 0. The number of aromatic nitrogens is 2. The third-order valence-corrected chi connectivity index (χ3v) is 5.30. The van der Waals surface area contributed by atoms with Gasteiger partial charge in [-0.1, -0.05) is 5.57 Å². The van der Waals surface area contributed by atoms with Crippen molar-refractivity contribution in [1.82, 2.24) is 20.2 Å². The maximum Gasteiger partial charge on any atom is 0.225 e. The molecule has 2 atom stereocenters. The summed E-state index contributed by atoms with van der Waals surface area (Å²) in [4.78, 5) is 25.9. The number of hydrogen-bond acceptors (Lipinski definition) is 5. The van der Waals surface area contributed by atoms with E-state index in [-0.39, 0.29) is 5.91 Å². The van der Waals surface area contributed by atoms with Crippen molar-refractivity contribution in [2.24, 2.45) is 0 Å². The first kappa shape index (κ1) is 18.8. The van der Waals surface area contributed by atoms with Gasteiger partial charge in [0, 0.05) is 44.1 Å². The van der Waals surface area contributed by atoms with Crippen LogP contribution in [0.1, 0.15) is 44.6 Å². The number of hydrogen-bond donors (Lipinski definition) is 1. The molecular formula is C20H31N5O. The SMILES string of the molecule is C=C(C)CCCCNC(=O)Cc1cnc(N2C3CCC2CN(C)C3)nc1. The molecule has 1 amide bonds. The second kappa shape index (κ2) is 8.62. The molecule has 2 bridgehead atoms. The number of allylic oxidation sites excluding steroid dienone is 1. The predicted molar refractivity (Wildman–Crippen MR) is 104 cm³/mol. The molecule has 0 aliphatic carbocycles. The normalized spacial score (nSPS) is 22.5. The molecule has 2 aliphatic rings. The van der Waals surface area contributed by atoms with Crippen LogP contribution < -0.4 is 10.2 Å². The lowest BCUT2D eigenvalue weighted by molar-refractivity contribution is -0.120. The van der Waals surface area contributed by atoms with Crippen molar-refractivity contribution in [3.63, 3.8) is 0 Å². The van der Waals surface area contributed by atoms with Crippen molar-refractivity contribution < 1.29 is 4.79 Å². The summed E-state index contributed by atoms with van der Waals surface area (Å²) in [7, 11) is 2.18. The fraction of sp³-hybridized carbons (Fsp3) is 0.650. The summed E-state index contributed by atoms with van der Waals surface area (Å²) in [5.41, 5.74) is 2.07. The second-order valence-corrected chi connectivity index (χ2v) is 7.85. The largest absolute Gasteiger partial charge is 0.356 e. The van der Waals surface area contributed by atoms with Gasteiger partial charge in [-0.2, -0.15) is 0 Å². The van der Waals surface area contributed by atoms with E-state index in [0.29, 0.717) is 18.5 Å². The average Bonchev–Trinajstić information content (AvgIpc) is 2.86. The van der Waals surface area contributed by atoms with Gasteiger partial charge in [-0.15, -0.1) is 6.58 Å². The van der Waals surface area contributed by atoms with Gasteiger partial charge in [0.05, 0.1) is 6.42 Å². The monoisotopic (exact) mass is 357 g/mol. The third kappa shape index (κ3) is 4.81. The lowest BCUT2D eigenvalue weighted by atomic mass is 10.1. The van der Waals surface area contributed by atoms with E-state index in [0.717, 1.165) is 50.4 Å². The fourth-order valence-corrected chi connectivity index (χ4v) is 4.04. The van der Waals surface area contributed by atoms with Crippen molar-refractivity contribution in [3.05, 3.63) is 30.1 Å². The van der Waals surface area contributed by atoms with Gasteiger partial charge >= 0.3 is 0 Å². The number of amides is 1. The minimum Gasteiger partial charge on any atom is -0.356 e. The van der Waals surface area contributed by atoms with Crippen molar-refractivity contribution >= 4 is 11.9 Å². The lowest BCUT2D eigenvalue weighted by Crippen LogP contribution is -2.53. The number of nitrogens with zero attached hydrogens (tertiary/aromatic N) is 4. The number of nitrogens with one attached hydrogen (secondary N) is 1. The Bertz CT molecular complexity index is 616. The molecule has 6 heteroatoms. The van der Waals surface area contributed by atoms with E-state index in [2.05, 4.69) is 38.7 Å². The van der Waals surface area contributed by atoms with Crippen LogP contribution in [0.5, 0.6) is 0 Å². The summed E-state index contributed by atoms with van der Waals surface area (Å²) in [6, 6.07) is 1.04. The number of fused-ring (bicyclic) bond motifs is 2. The zero-order valence-corrected chi connectivity index (χ0v) is 16.1. The molecule has 3 rings (SSSR count). The van der Waals surface area contributed by atoms with Crippen LogP contribution in [0, 0.1) is 0 Å². The van der Waals surface area contributed by atoms with Crippen LogP contribution in [0.25, 0.3) is 0 Å². The average molecular weight is 358 g/mol. The quantitative estimate of drug-likeness (QED) is 0.571. The van der Waals surface area contributed by atoms with E-state index in [9.17, 15) is 4.79 Å². The molecule has 0 spiro atoms. The van der Waals surface area contributed by atoms with Crippen molar-refractivity contribution in [2.75, 3.05) is 31.6 Å². The summed E-state index contributed by atoms with van der Waals surface area (Å²) >= 11 is 0. The van der Waals surface area contributed by atoms with Crippen molar-refractivity contribution in [3.8, 4) is 0 Å². The molecule has 3 heterocycles. The zero-order chi connectivity index (χ0) is 18.5. The number of carbonyl (C=O) groups excluding carboxylic acids is 1. The van der Waals surface area contributed by atoms with Crippen LogP contribution in [-0.4, -0.2) is 59.5 Å². The van der Waals surface area contributed by atoms with Gasteiger partial charge in [-0.05, 0) is 51.6 Å². The van der Waals surface area contributed by atoms with Crippen LogP contribution >= 0.6 is 0 Å². The first-order chi connectivity index (χ1) is 12.5. The highest BCUT2D eigenvalue weighted by atomic mass is 16.1. The fourth-order valence-electron chi connectivity index (χ4n) is 4.04. The molecule has 0 saturated carbocycles. The number of likely N-dealkylation sites (tertiary alicyclic amines) is 1. The number of piperazine rings is 1. The molecule has 1 aromatic heterocycles. The van der Waals surface area contributed by atoms with Gasteiger partial charge in [0.2, 0.25) is 11.9 Å². The number of carbonyl (C=O) groups is 1. The molecule has 0 aromatic carbocycles. The minimum absolute atomic E-state index is 0.0383. The van der Waals surface area contributed by atoms with Gasteiger partial charge in [0.15, 0.2) is 0 Å². The Kier molecular flexibility index (Phi) is 6.25. The van der Waals surface area contributed by atoms with E-state index in [1.807, 2.05) is 6.92 Å². The maximum atomic E-state index is 12.0. The number of likely N-dealkylation sites (N-methyl/N-ethyl adjacent to an activating group) is 1. The maximum absolute atomic E-state index is 12.0. The Balaban J connectivity index is 1.46. The number of anilines is 1. The number of unbranched alkanes of at least 4 members (excludes halogenated alkanes) is 1. The molecule has 26 heavy (non-hydrogen) atoms. The predicted octanol–water partition coefficient (Wildman–Crippen LogP) is 2.16. The van der Waals surface area contributed by atoms with Crippen LogP contribution in [0.15, 0.2) is 24.5 Å². The van der Waals surface area contributed by atoms with Crippen LogP contribution in [0.3, 0.4) is 0 Å². The lowest BCUT2D eigenvalue weighted by Gasteiger charge is -2.39. The van der Waals surface area contributed by atoms with Crippen molar-refractivity contribution in [1.29, 1.82) is 0 Å². The first-order valence-electron chi connectivity index (χ1n) is 9.72. The summed E-state index contributed by atoms with van der Waals surface area (Å²) in [6.07, 6.45) is 9.47. The summed E-state index contributed by atoms with van der Waals surface area (Å²) in [5.74, 6) is 0.853. The van der Waals surface area contributed by atoms with Crippen molar-refractivity contribution in [2.45, 2.75) is 57.5 Å². The van der Waals surface area contributed by atoms with Gasteiger partial charge in [0.25, 0.3) is 0 Å². The Morgan fingerprint density at radius 2 is 1.88 bits per heavy atom. The highest BCUT2D eigenvalue weighted by Gasteiger charge is 2.40. The third-order valence-electron chi connectivity index (χ3n) is 5.30. The smallest absolute Gasteiger partial charge is 0.225 e. The molecule has 0 radical (unpaired) electrons. The first-order valence-corrected chi connectivity index (χ1v) is 9.72. The van der Waals surface area contributed by atoms with Gasteiger partial charge < -0.3 is 15.1 Å². The van der Waals surface area contributed by atoms with Crippen LogP contribution in [-0.2, 0) is 11.2 Å². The van der Waals surface area contributed by atoms with Gasteiger partial charge in [-0.3, -0.25) is 4.79 Å². The highest BCUT2D eigenvalue weighted by molar-refractivity contribution is 5.78. The number of rotatable bonds is 8. The Labute approximate surface area is 156 Å². The molecule has 1 N–H and O–H groups in total. The van der Waals surface area contributed by atoms with E-state index < -0.39 is 0 Å². The highest BCUT2D eigenvalue weighted by Crippen LogP contribution is 2.32. The van der Waals surface area contributed by atoms with Crippen LogP contribution in [0.4, 0.5) is 5.95 Å². The second-order valence-electron chi connectivity index (χ2n) is 7.85. The van der Waals surface area contributed by atoms with Crippen LogP contribution in [0.2, 0.25) is 0 Å². The van der Waals surface area contributed by atoms with Gasteiger partial charge in [0.1, 0.15) is 0 Å².